The summed E-state index contributed by atoms with van der Waals surface area (Å²) in [6.45, 7) is 6.84. The van der Waals surface area contributed by atoms with Crippen molar-refractivity contribution in [2.45, 2.75) is 32.7 Å². The van der Waals surface area contributed by atoms with Crippen molar-refractivity contribution in [2.24, 2.45) is 7.05 Å². The van der Waals surface area contributed by atoms with Crippen LogP contribution in [-0.4, -0.2) is 35.6 Å². The Labute approximate surface area is 98.0 Å². The quantitative estimate of drug-likeness (QED) is 0.679. The maximum atomic E-state index is 5.59. The van der Waals surface area contributed by atoms with E-state index in [2.05, 4.69) is 30.5 Å². The molecule has 0 saturated carbocycles. The maximum Gasteiger partial charge on any atom is 0.0622 e. The first-order valence-electron chi connectivity index (χ1n) is 6.04. The van der Waals surface area contributed by atoms with Crippen molar-refractivity contribution in [1.29, 1.82) is 0 Å². The lowest BCUT2D eigenvalue weighted by Crippen LogP contribution is -2.35. The fourth-order valence-electron chi connectivity index (χ4n) is 1.71. The Morgan fingerprint density at radius 1 is 1.50 bits per heavy atom. The minimum absolute atomic E-state index is 0.390. The van der Waals surface area contributed by atoms with Gasteiger partial charge in [0.25, 0.3) is 0 Å². The summed E-state index contributed by atoms with van der Waals surface area (Å²) in [5.41, 5.74) is 1.26. The molecule has 1 aromatic heterocycles. The zero-order valence-electron chi connectivity index (χ0n) is 10.6. The molecule has 0 bridgehead atoms. The number of aromatic nitrogens is 2. The molecule has 1 rings (SSSR count). The Morgan fingerprint density at radius 3 is 2.88 bits per heavy atom. The third-order valence-electron chi connectivity index (χ3n) is 2.40. The van der Waals surface area contributed by atoms with Gasteiger partial charge in [-0.1, -0.05) is 13.8 Å². The average Bonchev–Trinajstić information content (AvgIpc) is 2.65. The molecule has 0 aliphatic heterocycles. The minimum Gasteiger partial charge on any atom is -0.380 e. The van der Waals surface area contributed by atoms with Gasteiger partial charge in [0.15, 0.2) is 0 Å². The number of hydrogen-bond acceptors (Lipinski definition) is 3. The Bertz CT molecular complexity index is 286. The average molecular weight is 225 g/mol. The lowest BCUT2D eigenvalue weighted by Gasteiger charge is -2.16. The summed E-state index contributed by atoms with van der Waals surface area (Å²) in [5, 5.41) is 7.61. The van der Waals surface area contributed by atoms with Gasteiger partial charge >= 0.3 is 0 Å². The first kappa shape index (κ1) is 13.2. The molecule has 0 spiro atoms. The second-order valence-electron chi connectivity index (χ2n) is 4.06. The third-order valence-corrected chi connectivity index (χ3v) is 2.40. The molecule has 0 fully saturated rings. The molecule has 0 aromatic carbocycles. The molecule has 1 unspecified atom stereocenters. The Balaban J connectivity index is 2.37. The first-order chi connectivity index (χ1) is 7.76. The second kappa shape index (κ2) is 7.41. The van der Waals surface area contributed by atoms with Gasteiger partial charge in [0, 0.05) is 25.9 Å². The molecule has 16 heavy (non-hydrogen) atoms. The zero-order chi connectivity index (χ0) is 11.8. The standard InChI is InChI=1S/C12H23N3O/c1-4-6-16-10-12(13-5-2)7-11-8-14-15(3)9-11/h8-9,12-13H,4-7,10H2,1-3H3. The van der Waals surface area contributed by atoms with Gasteiger partial charge < -0.3 is 10.1 Å². The fourth-order valence-corrected chi connectivity index (χ4v) is 1.71. The molecule has 1 heterocycles. The summed E-state index contributed by atoms with van der Waals surface area (Å²) in [7, 11) is 1.94. The van der Waals surface area contributed by atoms with Crippen LogP contribution in [0.25, 0.3) is 0 Å². The Hall–Kier alpha value is -0.870. The highest BCUT2D eigenvalue weighted by molar-refractivity contribution is 5.05. The van der Waals surface area contributed by atoms with Crippen molar-refractivity contribution < 1.29 is 4.74 Å². The lowest BCUT2D eigenvalue weighted by molar-refractivity contribution is 0.112. The number of rotatable bonds is 8. The predicted octanol–water partition coefficient (Wildman–Crippen LogP) is 1.37. The normalized spacial score (nSPS) is 12.9. The largest absolute Gasteiger partial charge is 0.380 e. The Morgan fingerprint density at radius 2 is 2.31 bits per heavy atom. The summed E-state index contributed by atoms with van der Waals surface area (Å²) in [6.07, 6.45) is 6.03. The molecule has 0 radical (unpaired) electrons. The van der Waals surface area contributed by atoms with Crippen molar-refractivity contribution in [1.82, 2.24) is 15.1 Å². The topological polar surface area (TPSA) is 39.1 Å². The highest BCUT2D eigenvalue weighted by Gasteiger charge is 2.09. The van der Waals surface area contributed by atoms with E-state index in [0.29, 0.717) is 6.04 Å². The summed E-state index contributed by atoms with van der Waals surface area (Å²) in [5.74, 6) is 0. The van der Waals surface area contributed by atoms with Crippen LogP contribution in [0, 0.1) is 0 Å². The molecule has 4 nitrogen and oxygen atoms in total. The van der Waals surface area contributed by atoms with E-state index in [9.17, 15) is 0 Å². The van der Waals surface area contributed by atoms with Crippen LogP contribution in [0.5, 0.6) is 0 Å². The molecule has 1 atom stereocenters. The van der Waals surface area contributed by atoms with Crippen molar-refractivity contribution in [2.75, 3.05) is 19.8 Å². The van der Waals surface area contributed by atoms with Crippen LogP contribution in [0.3, 0.4) is 0 Å². The van der Waals surface area contributed by atoms with E-state index in [-0.39, 0.29) is 0 Å². The van der Waals surface area contributed by atoms with E-state index >= 15 is 0 Å². The first-order valence-corrected chi connectivity index (χ1v) is 6.04. The van der Waals surface area contributed by atoms with Gasteiger partial charge in [-0.05, 0) is 24.9 Å². The van der Waals surface area contributed by atoms with E-state index in [1.165, 1.54) is 5.56 Å². The van der Waals surface area contributed by atoms with Crippen LogP contribution in [-0.2, 0) is 18.2 Å². The highest BCUT2D eigenvalue weighted by Crippen LogP contribution is 2.02. The number of nitrogens with one attached hydrogen (secondary N) is 1. The third kappa shape index (κ3) is 4.77. The second-order valence-corrected chi connectivity index (χ2v) is 4.06. The van der Waals surface area contributed by atoms with Gasteiger partial charge in [0.1, 0.15) is 0 Å². The zero-order valence-corrected chi connectivity index (χ0v) is 10.6. The predicted molar refractivity (Wildman–Crippen MR) is 65.5 cm³/mol. The molecular weight excluding hydrogens is 202 g/mol. The summed E-state index contributed by atoms with van der Waals surface area (Å²) in [6, 6.07) is 0.390. The van der Waals surface area contributed by atoms with E-state index in [1.807, 2.05) is 17.9 Å². The SMILES string of the molecule is CCCOCC(Cc1cnn(C)c1)NCC. The highest BCUT2D eigenvalue weighted by atomic mass is 16.5. The molecule has 4 heteroatoms. The van der Waals surface area contributed by atoms with Crippen LogP contribution in [0.15, 0.2) is 12.4 Å². The van der Waals surface area contributed by atoms with Gasteiger partial charge in [-0.25, -0.2) is 0 Å². The van der Waals surface area contributed by atoms with E-state index < -0.39 is 0 Å². The molecule has 0 aliphatic rings. The number of nitrogens with zero attached hydrogens (tertiary/aromatic N) is 2. The molecule has 92 valence electrons. The van der Waals surface area contributed by atoms with E-state index in [1.54, 1.807) is 0 Å². The summed E-state index contributed by atoms with van der Waals surface area (Å²) in [4.78, 5) is 0. The fraction of sp³-hybridized carbons (Fsp3) is 0.750. The summed E-state index contributed by atoms with van der Waals surface area (Å²) < 4.78 is 7.43. The molecule has 1 aromatic rings. The van der Waals surface area contributed by atoms with Crippen molar-refractivity contribution >= 4 is 0 Å². The van der Waals surface area contributed by atoms with Gasteiger partial charge in [-0.15, -0.1) is 0 Å². The minimum atomic E-state index is 0.390. The number of hydrogen-bond donors (Lipinski definition) is 1. The molecule has 0 amide bonds. The van der Waals surface area contributed by atoms with E-state index in [0.717, 1.165) is 32.6 Å². The number of ether oxygens (including phenoxy) is 1. The maximum absolute atomic E-state index is 5.59. The van der Waals surface area contributed by atoms with Crippen LogP contribution in [0.2, 0.25) is 0 Å². The monoisotopic (exact) mass is 225 g/mol. The number of aryl methyl sites for hydroxylation is 1. The van der Waals surface area contributed by atoms with Crippen LogP contribution in [0.4, 0.5) is 0 Å². The van der Waals surface area contributed by atoms with Crippen LogP contribution < -0.4 is 5.32 Å². The molecule has 1 N–H and O–H groups in total. The smallest absolute Gasteiger partial charge is 0.0622 e. The van der Waals surface area contributed by atoms with Crippen molar-refractivity contribution in [3.05, 3.63) is 18.0 Å². The lowest BCUT2D eigenvalue weighted by atomic mass is 10.1. The van der Waals surface area contributed by atoms with Crippen LogP contribution >= 0.6 is 0 Å². The molecule has 0 saturated heterocycles. The van der Waals surface area contributed by atoms with Gasteiger partial charge in [-0.2, -0.15) is 5.10 Å². The summed E-state index contributed by atoms with van der Waals surface area (Å²) >= 11 is 0. The molecule has 0 aliphatic carbocycles. The van der Waals surface area contributed by atoms with Crippen molar-refractivity contribution in [3.8, 4) is 0 Å². The van der Waals surface area contributed by atoms with Crippen LogP contribution in [0.1, 0.15) is 25.8 Å². The van der Waals surface area contributed by atoms with Gasteiger partial charge in [0.2, 0.25) is 0 Å². The van der Waals surface area contributed by atoms with Crippen molar-refractivity contribution in [3.63, 3.8) is 0 Å². The Kier molecular flexibility index (Phi) is 6.11. The number of likely N-dealkylation sites (N-methyl/N-ethyl adjacent to an activating group) is 1. The van der Waals surface area contributed by atoms with Gasteiger partial charge in [-0.3, -0.25) is 4.68 Å². The van der Waals surface area contributed by atoms with E-state index in [4.69, 9.17) is 4.74 Å². The van der Waals surface area contributed by atoms with Gasteiger partial charge in [0.05, 0.1) is 12.8 Å². The molecular formula is C12H23N3O.